The van der Waals surface area contributed by atoms with Crippen LogP contribution in [0.2, 0.25) is 0 Å². The second kappa shape index (κ2) is 9.71. The summed E-state index contributed by atoms with van der Waals surface area (Å²) in [5.41, 5.74) is 0.974. The average Bonchev–Trinajstić information content (AvgIpc) is 3.03. The van der Waals surface area contributed by atoms with E-state index in [1.54, 1.807) is 37.4 Å². The molecule has 1 saturated heterocycles. The molecule has 0 aliphatic carbocycles. The van der Waals surface area contributed by atoms with Crippen molar-refractivity contribution in [2.45, 2.75) is 31.9 Å². The molecule has 0 bridgehead atoms. The summed E-state index contributed by atoms with van der Waals surface area (Å²) in [6.45, 7) is 1.71. The van der Waals surface area contributed by atoms with Gasteiger partial charge in [-0.15, -0.1) is 0 Å². The molecule has 2 aromatic rings. The molecular formula is C22H29N3O4. The third kappa shape index (κ3) is 5.25. The van der Waals surface area contributed by atoms with E-state index in [0.717, 1.165) is 25.8 Å². The van der Waals surface area contributed by atoms with Crippen LogP contribution in [0, 0.1) is 0 Å². The van der Waals surface area contributed by atoms with E-state index in [9.17, 15) is 9.59 Å². The van der Waals surface area contributed by atoms with Gasteiger partial charge in [-0.25, -0.2) is 0 Å². The van der Waals surface area contributed by atoms with E-state index in [1.807, 2.05) is 25.1 Å². The predicted octanol–water partition coefficient (Wildman–Crippen LogP) is 3.23. The zero-order valence-electron chi connectivity index (χ0n) is 17.3. The topological polar surface area (TPSA) is 75.0 Å². The van der Waals surface area contributed by atoms with Gasteiger partial charge in [-0.05, 0) is 51.2 Å². The van der Waals surface area contributed by atoms with Crippen LogP contribution in [0.3, 0.4) is 0 Å². The van der Waals surface area contributed by atoms with Crippen molar-refractivity contribution in [3.63, 3.8) is 0 Å². The summed E-state index contributed by atoms with van der Waals surface area (Å²) in [7, 11) is 5.66. The fourth-order valence-electron chi connectivity index (χ4n) is 3.58. The fourth-order valence-corrected chi connectivity index (χ4v) is 3.58. The Morgan fingerprint density at radius 3 is 2.76 bits per heavy atom. The van der Waals surface area contributed by atoms with Crippen LogP contribution in [0.15, 0.2) is 40.8 Å². The van der Waals surface area contributed by atoms with Crippen LogP contribution in [-0.2, 0) is 11.3 Å². The van der Waals surface area contributed by atoms with Crippen molar-refractivity contribution in [1.82, 2.24) is 9.80 Å². The third-order valence-corrected chi connectivity index (χ3v) is 5.24. The Hall–Kier alpha value is -2.64. The van der Waals surface area contributed by atoms with E-state index in [0.29, 0.717) is 36.2 Å². The van der Waals surface area contributed by atoms with E-state index in [1.165, 1.54) is 0 Å². The minimum atomic E-state index is -0.394. The molecule has 1 aromatic carbocycles. The monoisotopic (exact) mass is 399 g/mol. The highest BCUT2D eigenvalue weighted by Crippen LogP contribution is 2.22. The molecule has 156 valence electrons. The number of rotatable bonds is 6. The SMILES string of the molecule is COCc1ccc(C(=O)Nc2ccccc2C(=O)N2CCCC[C@H](N(C)C)C2)o1. The van der Waals surface area contributed by atoms with Crippen molar-refractivity contribution >= 4 is 17.5 Å². The van der Waals surface area contributed by atoms with E-state index >= 15 is 0 Å². The minimum Gasteiger partial charge on any atom is -0.453 e. The lowest BCUT2D eigenvalue weighted by Crippen LogP contribution is -2.42. The highest BCUT2D eigenvalue weighted by atomic mass is 16.5. The highest BCUT2D eigenvalue weighted by molar-refractivity contribution is 6.07. The number of methoxy groups -OCH3 is 1. The summed E-state index contributed by atoms with van der Waals surface area (Å²) in [6, 6.07) is 10.8. The Bertz CT molecular complexity index is 846. The van der Waals surface area contributed by atoms with Crippen LogP contribution >= 0.6 is 0 Å². The number of anilines is 1. The van der Waals surface area contributed by atoms with Gasteiger partial charge in [0.1, 0.15) is 12.4 Å². The minimum absolute atomic E-state index is 0.0610. The van der Waals surface area contributed by atoms with Crippen molar-refractivity contribution in [1.29, 1.82) is 0 Å². The summed E-state index contributed by atoms with van der Waals surface area (Å²) < 4.78 is 10.5. The number of likely N-dealkylation sites (tertiary alicyclic amines) is 1. The van der Waals surface area contributed by atoms with Gasteiger partial charge in [0.2, 0.25) is 0 Å². The van der Waals surface area contributed by atoms with Crippen molar-refractivity contribution in [3.8, 4) is 0 Å². The number of hydrogen-bond donors (Lipinski definition) is 1. The first-order chi connectivity index (χ1) is 14.0. The lowest BCUT2D eigenvalue weighted by molar-refractivity contribution is 0.0726. The van der Waals surface area contributed by atoms with Gasteiger partial charge in [-0.3, -0.25) is 9.59 Å². The highest BCUT2D eigenvalue weighted by Gasteiger charge is 2.26. The molecule has 7 nitrogen and oxygen atoms in total. The standard InChI is InChI=1S/C22H29N3O4/c1-24(2)16-8-6-7-13-25(14-16)22(27)18-9-4-5-10-19(18)23-21(26)20-12-11-17(29-20)15-28-3/h4-5,9-12,16H,6-8,13-15H2,1-3H3,(H,23,26)/t16-/m0/s1. The van der Waals surface area contributed by atoms with E-state index in [4.69, 9.17) is 9.15 Å². The maximum absolute atomic E-state index is 13.3. The van der Waals surface area contributed by atoms with Gasteiger partial charge in [0.15, 0.2) is 5.76 Å². The molecule has 1 N–H and O–H groups in total. The van der Waals surface area contributed by atoms with Crippen molar-refractivity contribution < 1.29 is 18.7 Å². The largest absolute Gasteiger partial charge is 0.453 e. The number of likely N-dealkylation sites (N-methyl/N-ethyl adjacent to an activating group) is 1. The number of nitrogens with one attached hydrogen (secondary N) is 1. The number of nitrogens with zero attached hydrogens (tertiary/aromatic N) is 2. The lowest BCUT2D eigenvalue weighted by Gasteiger charge is -2.29. The number of amides is 2. The van der Waals surface area contributed by atoms with Crippen LogP contribution in [0.5, 0.6) is 0 Å². The molecule has 1 aliphatic rings. The van der Waals surface area contributed by atoms with Gasteiger partial charge in [0.05, 0.1) is 11.3 Å². The summed E-state index contributed by atoms with van der Waals surface area (Å²) >= 11 is 0. The molecule has 0 saturated carbocycles. The zero-order valence-corrected chi connectivity index (χ0v) is 17.3. The number of hydrogen-bond acceptors (Lipinski definition) is 5. The third-order valence-electron chi connectivity index (χ3n) is 5.24. The first-order valence-electron chi connectivity index (χ1n) is 9.93. The van der Waals surface area contributed by atoms with Gasteiger partial charge in [0, 0.05) is 26.2 Å². The number of furan rings is 1. The maximum atomic E-state index is 13.3. The molecule has 1 atom stereocenters. The number of para-hydroxylation sites is 1. The first-order valence-corrected chi connectivity index (χ1v) is 9.93. The Morgan fingerprint density at radius 1 is 1.21 bits per heavy atom. The summed E-state index contributed by atoms with van der Waals surface area (Å²) in [5.74, 6) is 0.298. The second-order valence-electron chi connectivity index (χ2n) is 7.56. The van der Waals surface area contributed by atoms with Crippen LogP contribution in [0.1, 0.15) is 45.9 Å². The molecule has 1 fully saturated rings. The molecule has 0 radical (unpaired) electrons. The van der Waals surface area contributed by atoms with Gasteiger partial charge < -0.3 is 24.3 Å². The Morgan fingerprint density at radius 2 is 2.00 bits per heavy atom. The second-order valence-corrected chi connectivity index (χ2v) is 7.56. The Labute approximate surface area is 171 Å². The zero-order chi connectivity index (χ0) is 20.8. The van der Waals surface area contributed by atoms with Gasteiger partial charge >= 0.3 is 0 Å². The number of carbonyl (C=O) groups is 2. The molecule has 0 spiro atoms. The molecule has 1 aromatic heterocycles. The van der Waals surface area contributed by atoms with E-state index < -0.39 is 5.91 Å². The van der Waals surface area contributed by atoms with E-state index in [-0.39, 0.29) is 11.7 Å². The first kappa shape index (κ1) is 21.1. The van der Waals surface area contributed by atoms with E-state index in [2.05, 4.69) is 10.2 Å². The molecular weight excluding hydrogens is 370 g/mol. The van der Waals surface area contributed by atoms with Crippen LogP contribution in [0.4, 0.5) is 5.69 Å². The molecule has 3 rings (SSSR count). The number of ether oxygens (including phenoxy) is 1. The summed E-state index contributed by atoms with van der Waals surface area (Å²) in [5, 5.41) is 2.82. The quantitative estimate of drug-likeness (QED) is 0.807. The lowest BCUT2D eigenvalue weighted by atomic mass is 10.1. The predicted molar refractivity (Wildman–Crippen MR) is 111 cm³/mol. The van der Waals surface area contributed by atoms with Crippen molar-refractivity contribution in [2.24, 2.45) is 0 Å². The molecule has 2 amide bonds. The Kier molecular flexibility index (Phi) is 7.06. The number of carbonyl (C=O) groups excluding carboxylic acids is 2. The molecule has 0 unspecified atom stereocenters. The van der Waals surface area contributed by atoms with Gasteiger partial charge in [-0.1, -0.05) is 18.6 Å². The van der Waals surface area contributed by atoms with Crippen LogP contribution in [0.25, 0.3) is 0 Å². The fraction of sp³-hybridized carbons (Fsp3) is 0.455. The normalized spacial score (nSPS) is 17.2. The maximum Gasteiger partial charge on any atom is 0.291 e. The molecule has 2 heterocycles. The molecule has 1 aliphatic heterocycles. The summed E-state index contributed by atoms with van der Waals surface area (Å²) in [4.78, 5) is 29.9. The number of benzene rings is 1. The van der Waals surface area contributed by atoms with Gasteiger partial charge in [-0.2, -0.15) is 0 Å². The Balaban J connectivity index is 1.77. The summed E-state index contributed by atoms with van der Waals surface area (Å²) in [6.07, 6.45) is 3.17. The molecule has 7 heteroatoms. The van der Waals surface area contributed by atoms with Crippen LogP contribution < -0.4 is 5.32 Å². The average molecular weight is 399 g/mol. The van der Waals surface area contributed by atoms with Crippen LogP contribution in [-0.4, -0.2) is 62.0 Å². The van der Waals surface area contributed by atoms with Crippen molar-refractivity contribution in [2.75, 3.05) is 39.6 Å². The van der Waals surface area contributed by atoms with Crippen molar-refractivity contribution in [3.05, 3.63) is 53.5 Å². The molecule has 29 heavy (non-hydrogen) atoms. The smallest absolute Gasteiger partial charge is 0.291 e. The van der Waals surface area contributed by atoms with Gasteiger partial charge in [0.25, 0.3) is 11.8 Å².